The average Bonchev–Trinajstić information content (AvgIpc) is 1.80. The predicted molar refractivity (Wildman–Crippen MR) is 46.8 cm³/mol. The van der Waals surface area contributed by atoms with Crippen LogP contribution < -0.4 is 4.13 Å². The van der Waals surface area contributed by atoms with Gasteiger partial charge >= 0.3 is 5.25 Å². The summed E-state index contributed by atoms with van der Waals surface area (Å²) in [6.45, 7) is 1.59. The Balaban J connectivity index is 4.89. The third-order valence-electron chi connectivity index (χ3n) is 1.18. The maximum atomic E-state index is 12.4. The van der Waals surface area contributed by atoms with Gasteiger partial charge in [0, 0.05) is 6.92 Å². The van der Waals surface area contributed by atoms with Crippen molar-refractivity contribution in [2.45, 2.75) is 25.5 Å². The highest BCUT2D eigenvalue weighted by Crippen LogP contribution is 2.19. The van der Waals surface area contributed by atoms with E-state index in [0.29, 0.717) is 0 Å². The normalized spacial score (nSPS) is 14.3. The van der Waals surface area contributed by atoms with Gasteiger partial charge in [0.05, 0.1) is 5.75 Å². The van der Waals surface area contributed by atoms with E-state index in [4.69, 9.17) is 0 Å². The molecule has 0 unspecified atom stereocenters. The fraction of sp³-hybridized carbons (Fsp3) is 1.00. The lowest BCUT2D eigenvalue weighted by Crippen LogP contribution is -2.41. The average molecular weight is 251 g/mol. The molecule has 9 heteroatoms. The van der Waals surface area contributed by atoms with Gasteiger partial charge in [-0.15, -0.1) is 4.13 Å². The SMILES string of the molecule is CCCS(=O)(=O)NS(=O)(=O)C(C)(F)F. The van der Waals surface area contributed by atoms with E-state index in [0.717, 1.165) is 4.13 Å². The van der Waals surface area contributed by atoms with E-state index in [9.17, 15) is 25.6 Å². The molecule has 0 saturated carbocycles. The zero-order valence-electron chi connectivity index (χ0n) is 7.62. The second-order valence-corrected chi connectivity index (χ2v) is 6.74. The van der Waals surface area contributed by atoms with Gasteiger partial charge < -0.3 is 0 Å². The molecule has 0 fully saturated rings. The molecular weight excluding hydrogens is 240 g/mol. The Hall–Kier alpha value is -0.280. The van der Waals surface area contributed by atoms with Gasteiger partial charge in [0.15, 0.2) is 0 Å². The fourth-order valence-electron chi connectivity index (χ4n) is 0.551. The Bertz CT molecular complexity index is 380. The van der Waals surface area contributed by atoms with E-state index in [2.05, 4.69) is 0 Å². The van der Waals surface area contributed by atoms with Crippen LogP contribution >= 0.6 is 0 Å². The van der Waals surface area contributed by atoms with Crippen LogP contribution in [0.2, 0.25) is 0 Å². The first-order valence-electron chi connectivity index (χ1n) is 3.65. The van der Waals surface area contributed by atoms with E-state index < -0.39 is 31.1 Å². The van der Waals surface area contributed by atoms with Crippen LogP contribution in [0.25, 0.3) is 0 Å². The number of rotatable bonds is 5. The van der Waals surface area contributed by atoms with Gasteiger partial charge in [0.1, 0.15) is 0 Å². The maximum absolute atomic E-state index is 12.4. The largest absolute Gasteiger partial charge is 0.357 e. The van der Waals surface area contributed by atoms with Crippen molar-refractivity contribution in [3.63, 3.8) is 0 Å². The van der Waals surface area contributed by atoms with Crippen molar-refractivity contribution >= 4 is 20.0 Å². The zero-order valence-corrected chi connectivity index (χ0v) is 9.25. The number of alkyl halides is 2. The number of sulfonamides is 2. The third kappa shape index (κ3) is 3.84. The first-order valence-corrected chi connectivity index (χ1v) is 6.79. The Kier molecular flexibility index (Phi) is 3.99. The van der Waals surface area contributed by atoms with Crippen LogP contribution in [0.1, 0.15) is 20.3 Å². The van der Waals surface area contributed by atoms with Crippen LogP contribution in [0, 0.1) is 0 Å². The smallest absolute Gasteiger partial charge is 0.211 e. The van der Waals surface area contributed by atoms with Crippen molar-refractivity contribution in [3.8, 4) is 0 Å². The van der Waals surface area contributed by atoms with Crippen molar-refractivity contribution < 1.29 is 25.6 Å². The monoisotopic (exact) mass is 251 g/mol. The fourth-order valence-corrected chi connectivity index (χ4v) is 3.34. The molecule has 0 saturated heterocycles. The maximum Gasteiger partial charge on any atom is 0.357 e. The molecule has 0 aromatic heterocycles. The second kappa shape index (κ2) is 4.07. The molecule has 0 spiro atoms. The van der Waals surface area contributed by atoms with E-state index >= 15 is 0 Å². The molecular formula is C5H11F2NO4S2. The Morgan fingerprint density at radius 1 is 1.21 bits per heavy atom. The van der Waals surface area contributed by atoms with E-state index in [1.807, 2.05) is 0 Å². The molecule has 5 nitrogen and oxygen atoms in total. The minimum absolute atomic E-state index is 0.108. The van der Waals surface area contributed by atoms with Crippen LogP contribution in [0.4, 0.5) is 8.78 Å². The van der Waals surface area contributed by atoms with Crippen LogP contribution in [0.5, 0.6) is 0 Å². The molecule has 0 aliphatic rings. The predicted octanol–water partition coefficient (Wildman–Crippen LogP) is 0.258. The van der Waals surface area contributed by atoms with Crippen molar-refractivity contribution in [1.82, 2.24) is 4.13 Å². The summed E-state index contributed by atoms with van der Waals surface area (Å²) in [7, 11) is -9.34. The number of hydrogen-bond acceptors (Lipinski definition) is 4. The van der Waals surface area contributed by atoms with Gasteiger partial charge in [-0.3, -0.25) is 0 Å². The lowest BCUT2D eigenvalue weighted by atomic mass is 10.6. The van der Waals surface area contributed by atoms with Gasteiger partial charge in [-0.05, 0) is 6.42 Å². The lowest BCUT2D eigenvalue weighted by Gasteiger charge is -2.12. The molecule has 0 aliphatic carbocycles. The van der Waals surface area contributed by atoms with E-state index in [1.165, 1.54) is 6.92 Å². The molecule has 0 heterocycles. The first kappa shape index (κ1) is 13.7. The van der Waals surface area contributed by atoms with Crippen LogP contribution in [-0.2, 0) is 20.0 Å². The number of nitrogens with one attached hydrogen (secondary N) is 1. The minimum Gasteiger partial charge on any atom is -0.211 e. The highest BCUT2D eigenvalue weighted by molar-refractivity contribution is 8.05. The van der Waals surface area contributed by atoms with Crippen LogP contribution in [0.3, 0.4) is 0 Å². The summed E-state index contributed by atoms with van der Waals surface area (Å²) in [6, 6.07) is 0. The molecule has 0 bridgehead atoms. The molecule has 86 valence electrons. The van der Waals surface area contributed by atoms with Crippen LogP contribution in [-0.4, -0.2) is 27.8 Å². The molecule has 0 aromatic rings. The summed E-state index contributed by atoms with van der Waals surface area (Å²) < 4.78 is 68.8. The van der Waals surface area contributed by atoms with Crippen LogP contribution in [0.15, 0.2) is 0 Å². The molecule has 0 rings (SSSR count). The molecule has 0 aliphatic heterocycles. The summed E-state index contributed by atoms with van der Waals surface area (Å²) in [5.41, 5.74) is 0. The highest BCUT2D eigenvalue weighted by Gasteiger charge is 2.42. The van der Waals surface area contributed by atoms with E-state index in [-0.39, 0.29) is 13.3 Å². The van der Waals surface area contributed by atoms with Gasteiger partial charge in [0.25, 0.3) is 10.0 Å². The molecule has 0 amide bonds. The summed E-state index contributed by atoms with van der Waals surface area (Å²) in [5, 5.41) is -4.12. The Morgan fingerprint density at radius 2 is 1.64 bits per heavy atom. The van der Waals surface area contributed by atoms with Gasteiger partial charge in [-0.25, -0.2) is 16.8 Å². The molecule has 1 N–H and O–H groups in total. The summed E-state index contributed by atoms with van der Waals surface area (Å²) in [5.74, 6) is -0.512. The first-order chi connectivity index (χ1) is 6.02. The number of hydrogen-bond donors (Lipinski definition) is 1. The second-order valence-electron chi connectivity index (χ2n) is 2.71. The summed E-state index contributed by atoms with van der Waals surface area (Å²) in [6.07, 6.45) is 0.139. The highest BCUT2D eigenvalue weighted by atomic mass is 32.3. The standard InChI is InChI=1S/C5H11F2NO4S2/c1-3-4-13(9,10)8-14(11,12)5(2,6)7/h8H,3-4H2,1-2H3. The minimum atomic E-state index is -5.15. The molecule has 0 aromatic carbocycles. The van der Waals surface area contributed by atoms with Gasteiger partial charge in [-0.1, -0.05) is 6.92 Å². The van der Waals surface area contributed by atoms with Crippen molar-refractivity contribution in [2.24, 2.45) is 0 Å². The lowest BCUT2D eigenvalue weighted by molar-refractivity contribution is 0.113. The Labute approximate surface area is 81.6 Å². The molecule has 14 heavy (non-hydrogen) atoms. The summed E-state index contributed by atoms with van der Waals surface area (Å²) >= 11 is 0. The van der Waals surface area contributed by atoms with Crippen molar-refractivity contribution in [3.05, 3.63) is 0 Å². The third-order valence-corrected chi connectivity index (χ3v) is 4.96. The van der Waals surface area contributed by atoms with Crippen molar-refractivity contribution in [1.29, 1.82) is 0 Å². The Morgan fingerprint density at radius 3 is 1.93 bits per heavy atom. The van der Waals surface area contributed by atoms with Gasteiger partial charge in [-0.2, -0.15) is 8.78 Å². The van der Waals surface area contributed by atoms with E-state index in [1.54, 1.807) is 0 Å². The van der Waals surface area contributed by atoms with Gasteiger partial charge in [0.2, 0.25) is 10.0 Å². The topological polar surface area (TPSA) is 80.3 Å². The quantitative estimate of drug-likeness (QED) is 0.760. The summed E-state index contributed by atoms with van der Waals surface area (Å²) in [4.78, 5) is 0. The molecule has 0 radical (unpaired) electrons. The van der Waals surface area contributed by atoms with Crippen molar-refractivity contribution in [2.75, 3.05) is 5.75 Å². The zero-order chi connectivity index (χ0) is 11.6. The number of halogens is 2. The molecule has 0 atom stereocenters.